The third-order valence-electron chi connectivity index (χ3n) is 1.98. The molecule has 0 atom stereocenters. The number of benzene rings is 1. The lowest BCUT2D eigenvalue weighted by Crippen LogP contribution is -1.82. The Balaban J connectivity index is 2.13. The van der Waals surface area contributed by atoms with Crippen molar-refractivity contribution < 1.29 is 4.39 Å². The SMILES string of the molecule is Fc1ccc(-c2nn3cnnc3s2)cc1. The number of halogens is 1. The standard InChI is InChI=1S/C9H5FN4S/c10-7-3-1-6(2-4-7)8-13-14-5-11-12-9(14)15-8/h1-5H. The summed E-state index contributed by atoms with van der Waals surface area (Å²) in [6, 6.07) is 6.22. The highest BCUT2D eigenvalue weighted by Crippen LogP contribution is 2.24. The maximum absolute atomic E-state index is 12.7. The molecule has 0 saturated carbocycles. The molecule has 74 valence electrons. The molecular weight excluding hydrogens is 215 g/mol. The first-order valence-corrected chi connectivity index (χ1v) is 5.07. The molecule has 0 saturated heterocycles. The third kappa shape index (κ3) is 1.39. The van der Waals surface area contributed by atoms with E-state index in [1.165, 1.54) is 23.5 Å². The van der Waals surface area contributed by atoms with Crippen molar-refractivity contribution in [1.29, 1.82) is 0 Å². The van der Waals surface area contributed by atoms with Crippen LogP contribution >= 0.6 is 11.3 Å². The predicted octanol–water partition coefficient (Wildman–Crippen LogP) is 1.99. The van der Waals surface area contributed by atoms with Crippen molar-refractivity contribution in [2.45, 2.75) is 0 Å². The Kier molecular flexibility index (Phi) is 1.75. The second-order valence-corrected chi connectivity index (χ2v) is 3.93. The summed E-state index contributed by atoms with van der Waals surface area (Å²) in [6.45, 7) is 0. The van der Waals surface area contributed by atoms with E-state index in [-0.39, 0.29) is 5.82 Å². The van der Waals surface area contributed by atoms with Gasteiger partial charge in [0.05, 0.1) is 0 Å². The summed E-state index contributed by atoms with van der Waals surface area (Å²) in [4.78, 5) is 0.731. The van der Waals surface area contributed by atoms with Gasteiger partial charge in [0, 0.05) is 5.56 Å². The van der Waals surface area contributed by atoms with E-state index in [2.05, 4.69) is 15.3 Å². The van der Waals surface area contributed by atoms with Crippen LogP contribution in [0.1, 0.15) is 0 Å². The Morgan fingerprint density at radius 2 is 2.00 bits per heavy atom. The van der Waals surface area contributed by atoms with Crippen molar-refractivity contribution in [3.63, 3.8) is 0 Å². The number of aromatic nitrogens is 4. The Bertz CT molecular complexity index is 569. The Hall–Kier alpha value is -1.82. The van der Waals surface area contributed by atoms with Crippen LogP contribution in [0.2, 0.25) is 0 Å². The van der Waals surface area contributed by atoms with E-state index in [9.17, 15) is 4.39 Å². The van der Waals surface area contributed by atoms with Crippen molar-refractivity contribution in [3.05, 3.63) is 36.4 Å². The fraction of sp³-hybridized carbons (Fsp3) is 0. The average Bonchev–Trinajstić information content (AvgIpc) is 2.78. The molecule has 15 heavy (non-hydrogen) atoms. The number of hydrogen-bond acceptors (Lipinski definition) is 4. The Labute approximate surface area is 88.0 Å². The van der Waals surface area contributed by atoms with Crippen molar-refractivity contribution in [3.8, 4) is 10.6 Å². The van der Waals surface area contributed by atoms with Crippen LogP contribution in [-0.2, 0) is 0 Å². The normalized spacial score (nSPS) is 11.0. The minimum atomic E-state index is -0.248. The van der Waals surface area contributed by atoms with E-state index in [4.69, 9.17) is 0 Å². The van der Waals surface area contributed by atoms with Gasteiger partial charge < -0.3 is 0 Å². The molecule has 0 bridgehead atoms. The van der Waals surface area contributed by atoms with Crippen molar-refractivity contribution in [1.82, 2.24) is 19.8 Å². The summed E-state index contributed by atoms with van der Waals surface area (Å²) in [6.07, 6.45) is 1.54. The van der Waals surface area contributed by atoms with Gasteiger partial charge in [-0.1, -0.05) is 11.3 Å². The molecule has 0 fully saturated rings. The molecule has 0 amide bonds. The molecule has 0 unspecified atom stereocenters. The lowest BCUT2D eigenvalue weighted by Gasteiger charge is -1.93. The van der Waals surface area contributed by atoms with Crippen molar-refractivity contribution >= 4 is 16.3 Å². The minimum absolute atomic E-state index is 0.248. The van der Waals surface area contributed by atoms with Gasteiger partial charge in [0.15, 0.2) is 0 Å². The summed E-state index contributed by atoms with van der Waals surface area (Å²) >= 11 is 1.42. The molecule has 4 nitrogen and oxygen atoms in total. The van der Waals surface area contributed by atoms with Crippen LogP contribution in [0, 0.1) is 5.82 Å². The summed E-state index contributed by atoms with van der Waals surface area (Å²) < 4.78 is 14.3. The van der Waals surface area contributed by atoms with Gasteiger partial charge >= 0.3 is 0 Å². The molecule has 2 heterocycles. The van der Waals surface area contributed by atoms with Gasteiger partial charge in [0.2, 0.25) is 4.96 Å². The van der Waals surface area contributed by atoms with Crippen molar-refractivity contribution in [2.24, 2.45) is 0 Å². The van der Waals surface area contributed by atoms with E-state index in [1.54, 1.807) is 23.0 Å². The molecule has 6 heteroatoms. The van der Waals surface area contributed by atoms with Gasteiger partial charge in [-0.3, -0.25) is 0 Å². The quantitative estimate of drug-likeness (QED) is 0.630. The number of rotatable bonds is 1. The van der Waals surface area contributed by atoms with Crippen LogP contribution in [0.25, 0.3) is 15.5 Å². The fourth-order valence-corrected chi connectivity index (χ4v) is 2.09. The largest absolute Gasteiger partial charge is 0.234 e. The second kappa shape index (κ2) is 3.09. The van der Waals surface area contributed by atoms with E-state index < -0.39 is 0 Å². The number of fused-ring (bicyclic) bond motifs is 1. The van der Waals surface area contributed by atoms with Crippen LogP contribution in [0.4, 0.5) is 4.39 Å². The highest BCUT2D eigenvalue weighted by atomic mass is 32.1. The summed E-state index contributed by atoms with van der Waals surface area (Å²) in [5.41, 5.74) is 0.881. The third-order valence-corrected chi connectivity index (χ3v) is 2.94. The van der Waals surface area contributed by atoms with Crippen LogP contribution in [-0.4, -0.2) is 19.8 Å². The van der Waals surface area contributed by atoms with Crippen molar-refractivity contribution in [2.75, 3.05) is 0 Å². The van der Waals surface area contributed by atoms with E-state index >= 15 is 0 Å². The van der Waals surface area contributed by atoms with Crippen LogP contribution in [0.5, 0.6) is 0 Å². The van der Waals surface area contributed by atoms with Crippen LogP contribution in [0.3, 0.4) is 0 Å². The van der Waals surface area contributed by atoms with Gasteiger partial charge in [-0.15, -0.1) is 10.2 Å². The Morgan fingerprint density at radius 1 is 1.20 bits per heavy atom. The first kappa shape index (κ1) is 8.49. The maximum atomic E-state index is 12.7. The van der Waals surface area contributed by atoms with Crippen LogP contribution in [0.15, 0.2) is 30.6 Å². The van der Waals surface area contributed by atoms with E-state index in [0.717, 1.165) is 15.5 Å². The molecule has 0 aliphatic carbocycles. The lowest BCUT2D eigenvalue weighted by molar-refractivity contribution is 0.628. The Morgan fingerprint density at radius 3 is 2.73 bits per heavy atom. The number of nitrogens with zero attached hydrogens (tertiary/aromatic N) is 4. The maximum Gasteiger partial charge on any atom is 0.234 e. The molecule has 0 aliphatic heterocycles. The minimum Gasteiger partial charge on any atom is -0.207 e. The highest BCUT2D eigenvalue weighted by molar-refractivity contribution is 7.19. The van der Waals surface area contributed by atoms with Gasteiger partial charge in [-0.05, 0) is 24.3 Å². The second-order valence-electron chi connectivity index (χ2n) is 2.97. The highest BCUT2D eigenvalue weighted by Gasteiger charge is 2.06. The first-order chi connectivity index (χ1) is 7.33. The van der Waals surface area contributed by atoms with Gasteiger partial charge in [0.25, 0.3) is 0 Å². The summed E-state index contributed by atoms with van der Waals surface area (Å²) in [5, 5.41) is 12.7. The molecule has 3 rings (SSSR count). The zero-order chi connectivity index (χ0) is 10.3. The van der Waals surface area contributed by atoms with E-state index in [1.807, 2.05) is 0 Å². The first-order valence-electron chi connectivity index (χ1n) is 4.26. The smallest absolute Gasteiger partial charge is 0.207 e. The average molecular weight is 220 g/mol. The molecule has 0 aliphatic rings. The topological polar surface area (TPSA) is 43.1 Å². The lowest BCUT2D eigenvalue weighted by atomic mass is 10.2. The summed E-state index contributed by atoms with van der Waals surface area (Å²) in [5.74, 6) is -0.248. The molecule has 1 aromatic carbocycles. The molecule has 0 N–H and O–H groups in total. The van der Waals surface area contributed by atoms with Crippen LogP contribution < -0.4 is 0 Å². The molecule has 2 aromatic heterocycles. The molecular formula is C9H5FN4S. The van der Waals surface area contributed by atoms with Gasteiger partial charge in [-0.2, -0.15) is 9.61 Å². The molecule has 0 spiro atoms. The van der Waals surface area contributed by atoms with Gasteiger partial charge in [-0.25, -0.2) is 4.39 Å². The zero-order valence-corrected chi connectivity index (χ0v) is 8.28. The fourth-order valence-electron chi connectivity index (χ4n) is 1.27. The monoisotopic (exact) mass is 220 g/mol. The van der Waals surface area contributed by atoms with E-state index in [0.29, 0.717) is 0 Å². The predicted molar refractivity (Wildman–Crippen MR) is 54.1 cm³/mol. The molecule has 3 aromatic rings. The summed E-state index contributed by atoms with van der Waals surface area (Å²) in [7, 11) is 0. The number of hydrogen-bond donors (Lipinski definition) is 0. The zero-order valence-electron chi connectivity index (χ0n) is 7.46. The van der Waals surface area contributed by atoms with Gasteiger partial charge in [0.1, 0.15) is 17.2 Å². The molecule has 0 radical (unpaired) electrons.